The number of nitrogens with zero attached hydrogens (tertiary/aromatic N) is 3. The fourth-order valence-electron chi connectivity index (χ4n) is 2.94. The minimum Gasteiger partial charge on any atom is -0.457 e. The van der Waals surface area contributed by atoms with Gasteiger partial charge in [-0.1, -0.05) is 65.8 Å². The third kappa shape index (κ3) is 3.47. The summed E-state index contributed by atoms with van der Waals surface area (Å²) in [6, 6.07) is 18.7. The second-order valence-corrected chi connectivity index (χ2v) is 5.58. The van der Waals surface area contributed by atoms with Crippen LogP contribution in [0.25, 0.3) is 16.0 Å². The lowest BCUT2D eigenvalue weighted by Gasteiger charge is -2.11. The van der Waals surface area contributed by atoms with Crippen LogP contribution in [0.5, 0.6) is 0 Å². The lowest BCUT2D eigenvalue weighted by molar-refractivity contribution is -0.140. The number of ether oxygens (including phenoxy) is 1. The highest BCUT2D eigenvalue weighted by molar-refractivity contribution is 6.00. The molecule has 0 bridgehead atoms. The van der Waals surface area contributed by atoms with Gasteiger partial charge in [0, 0.05) is 10.5 Å². The quantitative estimate of drug-likeness (QED) is 0.348. The zero-order chi connectivity index (χ0) is 16.8. The Morgan fingerprint density at radius 2 is 1.79 bits per heavy atom. The fourth-order valence-corrected chi connectivity index (χ4v) is 2.94. The van der Waals surface area contributed by atoms with Gasteiger partial charge in [0.15, 0.2) is 0 Å². The van der Waals surface area contributed by atoms with E-state index in [9.17, 15) is 4.79 Å². The van der Waals surface area contributed by atoms with Crippen LogP contribution < -0.4 is 0 Å². The molecule has 120 valence electrons. The van der Waals surface area contributed by atoms with Crippen LogP contribution in [-0.4, -0.2) is 12.0 Å². The van der Waals surface area contributed by atoms with E-state index in [1.165, 1.54) is 0 Å². The maximum atomic E-state index is 12.6. The predicted molar refractivity (Wildman–Crippen MR) is 91.8 cm³/mol. The molecule has 0 radical (unpaired) electrons. The molecule has 1 atom stereocenters. The second-order valence-electron chi connectivity index (χ2n) is 5.58. The van der Waals surface area contributed by atoms with E-state index in [4.69, 9.17) is 10.3 Å². The summed E-state index contributed by atoms with van der Waals surface area (Å²) in [6.07, 6.45) is 1.33. The van der Waals surface area contributed by atoms with E-state index < -0.39 is 12.0 Å². The van der Waals surface area contributed by atoms with Crippen molar-refractivity contribution in [3.63, 3.8) is 0 Å². The van der Waals surface area contributed by atoms with Crippen molar-refractivity contribution in [2.45, 2.75) is 25.5 Å². The van der Waals surface area contributed by atoms with E-state index in [-0.39, 0.29) is 6.61 Å². The Morgan fingerprint density at radius 1 is 1.12 bits per heavy atom. The predicted octanol–water partition coefficient (Wildman–Crippen LogP) is 4.66. The number of carbonyl (C=O) groups is 1. The number of benzene rings is 2. The van der Waals surface area contributed by atoms with E-state index in [2.05, 4.69) is 10.0 Å². The van der Waals surface area contributed by atoms with Gasteiger partial charge in [0.05, 0.1) is 6.04 Å². The van der Waals surface area contributed by atoms with Gasteiger partial charge >= 0.3 is 5.97 Å². The standard InChI is InChI=1S/C19H17N3O2/c20-22-21-17-12-11-16(15-9-5-2-6-10-15)18(17)19(23)24-13-14-7-3-1-4-8-14/h1-10,17H,11-13H2. The van der Waals surface area contributed by atoms with E-state index in [0.29, 0.717) is 18.4 Å². The van der Waals surface area contributed by atoms with E-state index >= 15 is 0 Å². The summed E-state index contributed by atoms with van der Waals surface area (Å²) in [6.45, 7) is 0.203. The summed E-state index contributed by atoms with van der Waals surface area (Å²) < 4.78 is 5.46. The summed E-state index contributed by atoms with van der Waals surface area (Å²) in [5.41, 5.74) is 12.1. The Bertz CT molecular complexity index is 794. The first-order valence-corrected chi connectivity index (χ1v) is 7.83. The van der Waals surface area contributed by atoms with Crippen molar-refractivity contribution in [3.8, 4) is 0 Å². The van der Waals surface area contributed by atoms with E-state index in [1.54, 1.807) is 0 Å². The third-order valence-corrected chi connectivity index (χ3v) is 4.07. The monoisotopic (exact) mass is 319 g/mol. The third-order valence-electron chi connectivity index (χ3n) is 4.07. The maximum absolute atomic E-state index is 12.6. The van der Waals surface area contributed by atoms with Crippen LogP contribution in [0, 0.1) is 0 Å². The molecule has 5 nitrogen and oxygen atoms in total. The highest BCUT2D eigenvalue weighted by Crippen LogP contribution is 2.36. The molecule has 0 saturated heterocycles. The zero-order valence-corrected chi connectivity index (χ0v) is 13.1. The first-order valence-electron chi connectivity index (χ1n) is 7.83. The number of hydrogen-bond acceptors (Lipinski definition) is 3. The van der Waals surface area contributed by atoms with Gasteiger partial charge in [-0.25, -0.2) is 4.79 Å². The second kappa shape index (κ2) is 7.49. The number of allylic oxidation sites excluding steroid dienone is 1. The Kier molecular flexibility index (Phi) is 4.94. The number of rotatable bonds is 5. The molecule has 0 N–H and O–H groups in total. The number of esters is 1. The van der Waals surface area contributed by atoms with Crippen LogP contribution in [0.1, 0.15) is 24.0 Å². The smallest absolute Gasteiger partial charge is 0.335 e. The largest absolute Gasteiger partial charge is 0.457 e. The van der Waals surface area contributed by atoms with Crippen LogP contribution in [-0.2, 0) is 16.1 Å². The SMILES string of the molecule is [N-]=[N+]=NC1CCC(c2ccccc2)=C1C(=O)OCc1ccccc1. The van der Waals surface area contributed by atoms with Crippen molar-refractivity contribution < 1.29 is 9.53 Å². The minimum absolute atomic E-state index is 0.203. The van der Waals surface area contributed by atoms with Crippen molar-refractivity contribution >= 4 is 11.5 Å². The molecule has 1 aliphatic rings. The van der Waals surface area contributed by atoms with Crippen molar-refractivity contribution in [2.24, 2.45) is 5.11 Å². The summed E-state index contributed by atoms with van der Waals surface area (Å²) >= 11 is 0. The normalized spacial score (nSPS) is 16.6. The van der Waals surface area contributed by atoms with Crippen LogP contribution in [0.15, 0.2) is 71.4 Å². The Hall–Kier alpha value is -3.04. The maximum Gasteiger partial charge on any atom is 0.335 e. The molecule has 0 aliphatic heterocycles. The molecule has 0 aromatic heterocycles. The molecule has 24 heavy (non-hydrogen) atoms. The first kappa shape index (κ1) is 15.8. The molecule has 1 unspecified atom stereocenters. The van der Waals surface area contributed by atoms with Crippen LogP contribution in [0.2, 0.25) is 0 Å². The average Bonchev–Trinajstić information content (AvgIpc) is 3.05. The molecular weight excluding hydrogens is 302 g/mol. The van der Waals surface area contributed by atoms with E-state index in [1.807, 2.05) is 60.7 Å². The molecule has 5 heteroatoms. The van der Waals surface area contributed by atoms with Gasteiger partial charge in [-0.15, -0.1) is 0 Å². The molecule has 0 saturated carbocycles. The van der Waals surface area contributed by atoms with Crippen molar-refractivity contribution in [1.29, 1.82) is 0 Å². The molecule has 0 fully saturated rings. The molecule has 0 amide bonds. The van der Waals surface area contributed by atoms with Gasteiger partial charge < -0.3 is 4.74 Å². The summed E-state index contributed by atoms with van der Waals surface area (Å²) in [7, 11) is 0. The molecule has 2 aromatic rings. The van der Waals surface area contributed by atoms with E-state index in [0.717, 1.165) is 16.7 Å². The highest BCUT2D eigenvalue weighted by atomic mass is 16.5. The van der Waals surface area contributed by atoms with Crippen LogP contribution in [0.4, 0.5) is 0 Å². The molecule has 0 spiro atoms. The van der Waals surface area contributed by atoms with Gasteiger partial charge in [-0.3, -0.25) is 0 Å². The summed E-state index contributed by atoms with van der Waals surface area (Å²) in [4.78, 5) is 15.5. The Balaban J connectivity index is 1.86. The van der Waals surface area contributed by atoms with Crippen LogP contribution in [0.3, 0.4) is 0 Å². The highest BCUT2D eigenvalue weighted by Gasteiger charge is 2.31. The van der Waals surface area contributed by atoms with Gasteiger partial charge in [-0.2, -0.15) is 0 Å². The number of hydrogen-bond donors (Lipinski definition) is 0. The molecular formula is C19H17N3O2. The van der Waals surface area contributed by atoms with Crippen molar-refractivity contribution in [2.75, 3.05) is 0 Å². The molecule has 2 aromatic carbocycles. The Labute approximate surface area is 140 Å². The number of carbonyl (C=O) groups excluding carboxylic acids is 1. The summed E-state index contributed by atoms with van der Waals surface area (Å²) in [5.74, 6) is -0.410. The van der Waals surface area contributed by atoms with Gasteiger partial charge in [0.1, 0.15) is 6.61 Å². The lowest BCUT2D eigenvalue weighted by atomic mass is 10.0. The minimum atomic E-state index is -0.464. The van der Waals surface area contributed by atoms with Gasteiger partial charge in [0.25, 0.3) is 0 Å². The first-order chi connectivity index (χ1) is 11.8. The molecule has 3 rings (SSSR count). The van der Waals surface area contributed by atoms with Gasteiger partial charge in [0.2, 0.25) is 0 Å². The van der Waals surface area contributed by atoms with Crippen molar-refractivity contribution in [1.82, 2.24) is 0 Å². The van der Waals surface area contributed by atoms with Gasteiger partial charge in [-0.05, 0) is 35.1 Å². The average molecular weight is 319 g/mol. The van der Waals surface area contributed by atoms with Crippen molar-refractivity contribution in [3.05, 3.63) is 87.8 Å². The van der Waals surface area contributed by atoms with Crippen LogP contribution >= 0.6 is 0 Å². The topological polar surface area (TPSA) is 75.1 Å². The zero-order valence-electron chi connectivity index (χ0n) is 13.1. The fraction of sp³-hybridized carbons (Fsp3) is 0.211. The Morgan fingerprint density at radius 3 is 2.46 bits per heavy atom. The number of azide groups is 1. The molecule has 1 aliphatic carbocycles. The molecule has 0 heterocycles. The lowest BCUT2D eigenvalue weighted by Crippen LogP contribution is -2.16. The summed E-state index contributed by atoms with van der Waals surface area (Å²) in [5, 5.41) is 3.78.